The molecule has 0 spiro atoms. The van der Waals surface area contributed by atoms with E-state index in [1.165, 1.54) is 0 Å². The maximum absolute atomic E-state index is 10.4. The Hall–Kier alpha value is -1.43. The lowest BCUT2D eigenvalue weighted by Gasteiger charge is -2.17. The van der Waals surface area contributed by atoms with E-state index in [0.29, 0.717) is 24.7 Å². The summed E-state index contributed by atoms with van der Waals surface area (Å²) in [7, 11) is 0. The first-order valence-corrected chi connectivity index (χ1v) is 5.37. The van der Waals surface area contributed by atoms with E-state index in [0.717, 1.165) is 19.4 Å². The van der Waals surface area contributed by atoms with E-state index in [1.54, 1.807) is 0 Å². The monoisotopic (exact) mass is 226 g/mol. The van der Waals surface area contributed by atoms with Gasteiger partial charge in [0.1, 0.15) is 0 Å². The molecule has 0 amide bonds. The molecular formula is C10H14N2O4. The van der Waals surface area contributed by atoms with Gasteiger partial charge in [-0.2, -0.15) is 4.98 Å². The van der Waals surface area contributed by atoms with Gasteiger partial charge >= 0.3 is 5.97 Å². The van der Waals surface area contributed by atoms with Crippen LogP contribution in [0.25, 0.3) is 0 Å². The highest BCUT2D eigenvalue weighted by Crippen LogP contribution is 2.23. The smallest absolute Gasteiger partial charge is 0.303 e. The van der Waals surface area contributed by atoms with Crippen LogP contribution >= 0.6 is 0 Å². The average Bonchev–Trinajstić information content (AvgIpc) is 2.76. The van der Waals surface area contributed by atoms with Gasteiger partial charge in [-0.1, -0.05) is 5.16 Å². The minimum Gasteiger partial charge on any atom is -0.481 e. The van der Waals surface area contributed by atoms with E-state index in [4.69, 9.17) is 14.4 Å². The third-order valence-corrected chi connectivity index (χ3v) is 2.56. The van der Waals surface area contributed by atoms with Crippen LogP contribution in [0.4, 0.5) is 0 Å². The second-order valence-electron chi connectivity index (χ2n) is 3.86. The summed E-state index contributed by atoms with van der Waals surface area (Å²) < 4.78 is 10.4. The third kappa shape index (κ3) is 2.79. The Labute approximate surface area is 92.6 Å². The summed E-state index contributed by atoms with van der Waals surface area (Å²) in [5.41, 5.74) is 0. The lowest BCUT2D eigenvalue weighted by atomic mass is 10.0. The Morgan fingerprint density at radius 3 is 3.12 bits per heavy atom. The Morgan fingerprint density at radius 2 is 2.44 bits per heavy atom. The molecular weight excluding hydrogens is 212 g/mol. The second kappa shape index (κ2) is 5.07. The van der Waals surface area contributed by atoms with Crippen LogP contribution in [0, 0.1) is 0 Å². The molecule has 1 aromatic rings. The Balaban J connectivity index is 1.93. The van der Waals surface area contributed by atoms with Crippen molar-refractivity contribution >= 4 is 5.97 Å². The molecule has 0 aliphatic carbocycles. The van der Waals surface area contributed by atoms with Gasteiger partial charge in [0.25, 0.3) is 0 Å². The van der Waals surface area contributed by atoms with Gasteiger partial charge in [0.2, 0.25) is 5.89 Å². The minimum atomic E-state index is -0.854. The molecule has 0 radical (unpaired) electrons. The third-order valence-electron chi connectivity index (χ3n) is 2.56. The molecule has 16 heavy (non-hydrogen) atoms. The van der Waals surface area contributed by atoms with Crippen LogP contribution in [0.2, 0.25) is 0 Å². The number of aliphatic carboxylic acids is 1. The fourth-order valence-electron chi connectivity index (χ4n) is 1.69. The standard InChI is InChI=1S/C10H14N2O4/c13-9(14)4-3-8-11-10(16-12-8)7-2-1-5-15-6-7/h7H,1-6H2,(H,13,14). The quantitative estimate of drug-likeness (QED) is 0.823. The van der Waals surface area contributed by atoms with Crippen LogP contribution in [-0.2, 0) is 16.0 Å². The highest BCUT2D eigenvalue weighted by molar-refractivity contribution is 5.66. The number of nitrogens with zero attached hydrogens (tertiary/aromatic N) is 2. The number of carboxylic acid groups (broad SMARTS) is 1. The lowest BCUT2D eigenvalue weighted by molar-refractivity contribution is -0.137. The number of carboxylic acids is 1. The molecule has 1 fully saturated rings. The predicted molar refractivity (Wildman–Crippen MR) is 53.0 cm³/mol. The first kappa shape index (κ1) is 11.1. The zero-order valence-corrected chi connectivity index (χ0v) is 8.89. The van der Waals surface area contributed by atoms with Crippen molar-refractivity contribution in [3.05, 3.63) is 11.7 Å². The summed E-state index contributed by atoms with van der Waals surface area (Å²) in [5, 5.41) is 12.3. The molecule has 1 saturated heterocycles. The Kier molecular flexibility index (Phi) is 3.51. The van der Waals surface area contributed by atoms with Gasteiger partial charge in [-0.25, -0.2) is 0 Å². The number of ether oxygens (including phenoxy) is 1. The first-order chi connectivity index (χ1) is 7.75. The summed E-state index contributed by atoms with van der Waals surface area (Å²) >= 11 is 0. The number of aromatic nitrogens is 2. The zero-order chi connectivity index (χ0) is 11.4. The van der Waals surface area contributed by atoms with E-state index in [9.17, 15) is 4.79 Å². The molecule has 1 N–H and O–H groups in total. The van der Waals surface area contributed by atoms with Crippen molar-refractivity contribution in [1.82, 2.24) is 10.1 Å². The van der Waals surface area contributed by atoms with Crippen molar-refractivity contribution in [1.29, 1.82) is 0 Å². The normalized spacial score (nSPS) is 20.9. The Morgan fingerprint density at radius 1 is 1.56 bits per heavy atom. The molecule has 1 aromatic heterocycles. The number of hydrogen-bond acceptors (Lipinski definition) is 5. The molecule has 2 heterocycles. The van der Waals surface area contributed by atoms with E-state index in [2.05, 4.69) is 10.1 Å². The van der Waals surface area contributed by atoms with Gasteiger partial charge in [-0.15, -0.1) is 0 Å². The highest BCUT2D eigenvalue weighted by atomic mass is 16.5. The molecule has 1 unspecified atom stereocenters. The van der Waals surface area contributed by atoms with Crippen molar-refractivity contribution in [2.75, 3.05) is 13.2 Å². The van der Waals surface area contributed by atoms with Crippen molar-refractivity contribution in [2.24, 2.45) is 0 Å². The van der Waals surface area contributed by atoms with E-state index in [1.807, 2.05) is 0 Å². The van der Waals surface area contributed by atoms with Crippen molar-refractivity contribution < 1.29 is 19.2 Å². The fourth-order valence-corrected chi connectivity index (χ4v) is 1.69. The van der Waals surface area contributed by atoms with Crippen LogP contribution in [0.15, 0.2) is 4.52 Å². The number of hydrogen-bond donors (Lipinski definition) is 1. The molecule has 6 nitrogen and oxygen atoms in total. The molecule has 0 aromatic carbocycles. The Bertz CT molecular complexity index is 357. The number of rotatable bonds is 4. The highest BCUT2D eigenvalue weighted by Gasteiger charge is 2.22. The summed E-state index contributed by atoms with van der Waals surface area (Å²) in [6.07, 6.45) is 2.32. The van der Waals surface area contributed by atoms with Gasteiger partial charge in [0, 0.05) is 13.0 Å². The van der Waals surface area contributed by atoms with Crippen LogP contribution in [0.1, 0.15) is 36.9 Å². The molecule has 1 aliphatic rings. The lowest BCUT2D eigenvalue weighted by Crippen LogP contribution is -2.15. The first-order valence-electron chi connectivity index (χ1n) is 5.37. The van der Waals surface area contributed by atoms with Crippen molar-refractivity contribution in [2.45, 2.75) is 31.6 Å². The van der Waals surface area contributed by atoms with E-state index >= 15 is 0 Å². The largest absolute Gasteiger partial charge is 0.481 e. The van der Waals surface area contributed by atoms with Gasteiger partial charge in [-0.3, -0.25) is 4.79 Å². The predicted octanol–water partition coefficient (Wildman–Crippen LogP) is 0.981. The topological polar surface area (TPSA) is 85.5 Å². The second-order valence-corrected chi connectivity index (χ2v) is 3.86. The summed E-state index contributed by atoms with van der Waals surface area (Å²) in [4.78, 5) is 14.6. The zero-order valence-electron chi connectivity index (χ0n) is 8.89. The summed E-state index contributed by atoms with van der Waals surface area (Å²) in [5.74, 6) is 0.343. The summed E-state index contributed by atoms with van der Waals surface area (Å²) in [6, 6.07) is 0. The van der Waals surface area contributed by atoms with Crippen molar-refractivity contribution in [3.63, 3.8) is 0 Å². The van der Waals surface area contributed by atoms with Gasteiger partial charge in [0.05, 0.1) is 18.9 Å². The van der Waals surface area contributed by atoms with Crippen LogP contribution < -0.4 is 0 Å². The van der Waals surface area contributed by atoms with Gasteiger partial charge < -0.3 is 14.4 Å². The molecule has 88 valence electrons. The molecule has 1 aliphatic heterocycles. The maximum atomic E-state index is 10.4. The van der Waals surface area contributed by atoms with Gasteiger partial charge in [0.15, 0.2) is 5.82 Å². The van der Waals surface area contributed by atoms with E-state index in [-0.39, 0.29) is 12.3 Å². The van der Waals surface area contributed by atoms with Crippen LogP contribution in [0.5, 0.6) is 0 Å². The molecule has 6 heteroatoms. The van der Waals surface area contributed by atoms with Gasteiger partial charge in [-0.05, 0) is 12.8 Å². The minimum absolute atomic E-state index is 0.0279. The molecule has 0 bridgehead atoms. The summed E-state index contributed by atoms with van der Waals surface area (Å²) in [6.45, 7) is 1.40. The average molecular weight is 226 g/mol. The molecule has 0 saturated carbocycles. The van der Waals surface area contributed by atoms with Crippen molar-refractivity contribution in [3.8, 4) is 0 Å². The number of carbonyl (C=O) groups is 1. The van der Waals surface area contributed by atoms with E-state index < -0.39 is 5.97 Å². The number of aryl methyl sites for hydroxylation is 1. The van der Waals surface area contributed by atoms with Crippen LogP contribution in [-0.4, -0.2) is 34.4 Å². The molecule has 1 atom stereocenters. The molecule has 2 rings (SSSR count). The maximum Gasteiger partial charge on any atom is 0.303 e. The fraction of sp³-hybridized carbons (Fsp3) is 0.700. The van der Waals surface area contributed by atoms with Crippen LogP contribution in [0.3, 0.4) is 0 Å². The SMILES string of the molecule is O=C(O)CCc1noc(C2CCCOC2)n1.